The van der Waals surface area contributed by atoms with Crippen LogP contribution in [0, 0.1) is 11.8 Å². The van der Waals surface area contributed by atoms with Gasteiger partial charge in [0.05, 0.1) is 0 Å². The monoisotopic (exact) mass is 223 g/mol. The maximum atomic E-state index is 12.0. The molecule has 2 N–H and O–H groups in total. The number of ketones is 1. The molecule has 1 aliphatic rings. The second-order valence-corrected chi connectivity index (χ2v) is 5.09. The maximum Gasteiger partial charge on any atom is 0.140 e. The topological polar surface area (TPSA) is 43.1 Å². The van der Waals surface area contributed by atoms with Crippen LogP contribution in [0.5, 0.6) is 0 Å². The van der Waals surface area contributed by atoms with E-state index < -0.39 is 0 Å². The standard InChI is InChI=1S/C12H17NOS/c13-7-10-2-1-3-11(10)12(14)6-9-4-5-15-8-9/h4-5,8,10-11H,1-3,6-7,13H2. The van der Waals surface area contributed by atoms with E-state index in [9.17, 15) is 4.79 Å². The number of nitrogens with two attached hydrogens (primary N) is 1. The van der Waals surface area contributed by atoms with E-state index in [1.165, 1.54) is 6.42 Å². The third-order valence-electron chi connectivity index (χ3n) is 3.33. The summed E-state index contributed by atoms with van der Waals surface area (Å²) in [5.41, 5.74) is 6.85. The number of rotatable bonds is 4. The molecule has 0 amide bonds. The van der Waals surface area contributed by atoms with Crippen molar-refractivity contribution in [1.29, 1.82) is 0 Å². The van der Waals surface area contributed by atoms with Gasteiger partial charge in [-0.1, -0.05) is 6.42 Å². The van der Waals surface area contributed by atoms with Gasteiger partial charge in [0, 0.05) is 12.3 Å². The minimum atomic E-state index is 0.231. The van der Waals surface area contributed by atoms with Crippen LogP contribution in [-0.4, -0.2) is 12.3 Å². The summed E-state index contributed by atoms with van der Waals surface area (Å²) in [6, 6.07) is 2.04. The first kappa shape index (κ1) is 10.8. The highest BCUT2D eigenvalue weighted by Crippen LogP contribution is 2.32. The first-order valence-electron chi connectivity index (χ1n) is 5.55. The molecule has 0 bridgehead atoms. The van der Waals surface area contributed by atoms with Crippen LogP contribution in [0.25, 0.3) is 0 Å². The zero-order valence-corrected chi connectivity index (χ0v) is 9.63. The third-order valence-corrected chi connectivity index (χ3v) is 4.07. The molecule has 0 aromatic carbocycles. The molecule has 1 aromatic rings. The van der Waals surface area contributed by atoms with E-state index in [1.807, 2.05) is 11.4 Å². The van der Waals surface area contributed by atoms with Crippen molar-refractivity contribution in [3.05, 3.63) is 22.4 Å². The molecule has 0 saturated heterocycles. The SMILES string of the molecule is NCC1CCCC1C(=O)Cc1ccsc1. The molecule has 2 nitrogen and oxygen atoms in total. The van der Waals surface area contributed by atoms with Gasteiger partial charge in [-0.2, -0.15) is 11.3 Å². The van der Waals surface area contributed by atoms with Gasteiger partial charge in [-0.25, -0.2) is 0 Å². The van der Waals surface area contributed by atoms with E-state index in [2.05, 4.69) is 5.38 Å². The van der Waals surface area contributed by atoms with Crippen LogP contribution in [0.3, 0.4) is 0 Å². The second-order valence-electron chi connectivity index (χ2n) is 4.31. The lowest BCUT2D eigenvalue weighted by molar-refractivity contribution is -0.123. The predicted octanol–water partition coefficient (Wildman–Crippen LogP) is 2.23. The maximum absolute atomic E-state index is 12.0. The summed E-state index contributed by atoms with van der Waals surface area (Å²) in [4.78, 5) is 12.0. The van der Waals surface area contributed by atoms with E-state index in [1.54, 1.807) is 11.3 Å². The fourth-order valence-corrected chi connectivity index (χ4v) is 3.14. The minimum absolute atomic E-state index is 0.231. The Morgan fingerprint density at radius 1 is 1.53 bits per heavy atom. The quantitative estimate of drug-likeness (QED) is 0.850. The number of carbonyl (C=O) groups is 1. The zero-order valence-electron chi connectivity index (χ0n) is 8.82. The van der Waals surface area contributed by atoms with E-state index in [-0.39, 0.29) is 5.92 Å². The summed E-state index contributed by atoms with van der Waals surface area (Å²) < 4.78 is 0. The molecule has 2 unspecified atom stereocenters. The zero-order chi connectivity index (χ0) is 10.7. The van der Waals surface area contributed by atoms with E-state index in [4.69, 9.17) is 5.73 Å². The van der Waals surface area contributed by atoms with E-state index in [0.717, 1.165) is 18.4 Å². The van der Waals surface area contributed by atoms with Gasteiger partial charge in [0.2, 0.25) is 0 Å². The fourth-order valence-electron chi connectivity index (χ4n) is 2.47. The Kier molecular flexibility index (Phi) is 3.54. The van der Waals surface area contributed by atoms with Crippen LogP contribution >= 0.6 is 11.3 Å². The Hall–Kier alpha value is -0.670. The van der Waals surface area contributed by atoms with Gasteiger partial charge in [0.25, 0.3) is 0 Å². The Morgan fingerprint density at radius 2 is 2.40 bits per heavy atom. The Bertz CT molecular complexity index is 320. The molecule has 2 rings (SSSR count). The summed E-state index contributed by atoms with van der Waals surface area (Å²) in [5.74, 6) is 1.06. The van der Waals surface area contributed by atoms with Gasteiger partial charge in [0.15, 0.2) is 0 Å². The van der Waals surface area contributed by atoms with Crippen LogP contribution in [0.15, 0.2) is 16.8 Å². The van der Waals surface area contributed by atoms with Crippen LogP contribution in [0.2, 0.25) is 0 Å². The molecule has 0 spiro atoms. The minimum Gasteiger partial charge on any atom is -0.330 e. The highest BCUT2D eigenvalue weighted by atomic mass is 32.1. The van der Waals surface area contributed by atoms with Gasteiger partial charge in [-0.3, -0.25) is 4.79 Å². The van der Waals surface area contributed by atoms with Gasteiger partial charge < -0.3 is 5.73 Å². The highest BCUT2D eigenvalue weighted by molar-refractivity contribution is 7.07. The Balaban J connectivity index is 1.96. The summed E-state index contributed by atoms with van der Waals surface area (Å²) in [6.07, 6.45) is 3.95. The molecular weight excluding hydrogens is 206 g/mol. The van der Waals surface area contributed by atoms with Crippen molar-refractivity contribution < 1.29 is 4.79 Å². The molecule has 15 heavy (non-hydrogen) atoms. The van der Waals surface area contributed by atoms with Crippen molar-refractivity contribution in [3.8, 4) is 0 Å². The lowest BCUT2D eigenvalue weighted by atomic mass is 9.89. The van der Waals surface area contributed by atoms with Crippen molar-refractivity contribution in [2.24, 2.45) is 17.6 Å². The van der Waals surface area contributed by atoms with Crippen LogP contribution < -0.4 is 5.73 Å². The first-order chi connectivity index (χ1) is 7.31. The van der Waals surface area contributed by atoms with E-state index in [0.29, 0.717) is 24.7 Å². The largest absolute Gasteiger partial charge is 0.330 e. The Labute approximate surface area is 94.5 Å². The van der Waals surface area contributed by atoms with Crippen LogP contribution in [0.4, 0.5) is 0 Å². The average molecular weight is 223 g/mol. The summed E-state index contributed by atoms with van der Waals surface area (Å²) >= 11 is 1.65. The first-order valence-corrected chi connectivity index (χ1v) is 6.49. The lowest BCUT2D eigenvalue weighted by Gasteiger charge is -2.15. The summed E-state index contributed by atoms with van der Waals surface area (Å²) in [5, 5.41) is 4.09. The fraction of sp³-hybridized carbons (Fsp3) is 0.583. The van der Waals surface area contributed by atoms with Gasteiger partial charge in [0.1, 0.15) is 5.78 Å². The molecule has 1 heterocycles. The molecule has 82 valence electrons. The Morgan fingerprint density at radius 3 is 3.07 bits per heavy atom. The van der Waals surface area contributed by atoms with Crippen LogP contribution in [0.1, 0.15) is 24.8 Å². The number of hydrogen-bond donors (Lipinski definition) is 1. The summed E-state index contributed by atoms with van der Waals surface area (Å²) in [7, 11) is 0. The molecule has 1 fully saturated rings. The van der Waals surface area contributed by atoms with Gasteiger partial charge in [-0.15, -0.1) is 0 Å². The van der Waals surface area contributed by atoms with Gasteiger partial charge in [-0.05, 0) is 47.7 Å². The van der Waals surface area contributed by atoms with Crippen molar-refractivity contribution in [2.75, 3.05) is 6.54 Å². The molecule has 0 aliphatic heterocycles. The molecular formula is C12H17NOS. The summed E-state index contributed by atoms with van der Waals surface area (Å²) in [6.45, 7) is 0.667. The van der Waals surface area contributed by atoms with Crippen LogP contribution in [-0.2, 0) is 11.2 Å². The molecule has 1 aliphatic carbocycles. The molecule has 3 heteroatoms. The second kappa shape index (κ2) is 4.90. The normalized spacial score (nSPS) is 25.7. The number of thiophene rings is 1. The van der Waals surface area contributed by atoms with Gasteiger partial charge >= 0.3 is 0 Å². The number of hydrogen-bond acceptors (Lipinski definition) is 3. The van der Waals surface area contributed by atoms with Crippen molar-refractivity contribution in [1.82, 2.24) is 0 Å². The smallest absolute Gasteiger partial charge is 0.140 e. The highest BCUT2D eigenvalue weighted by Gasteiger charge is 2.31. The van der Waals surface area contributed by atoms with Crippen molar-refractivity contribution in [2.45, 2.75) is 25.7 Å². The molecule has 1 saturated carbocycles. The molecule has 2 atom stereocenters. The number of carbonyl (C=O) groups excluding carboxylic acids is 1. The lowest BCUT2D eigenvalue weighted by Crippen LogP contribution is -2.26. The predicted molar refractivity (Wildman–Crippen MR) is 62.9 cm³/mol. The van der Waals surface area contributed by atoms with E-state index >= 15 is 0 Å². The van der Waals surface area contributed by atoms with Crippen molar-refractivity contribution >= 4 is 17.1 Å². The van der Waals surface area contributed by atoms with Crippen molar-refractivity contribution in [3.63, 3.8) is 0 Å². The number of Topliss-reactive ketones (excluding diaryl/α,β-unsaturated/α-hetero) is 1. The molecule has 1 aromatic heterocycles. The third kappa shape index (κ3) is 2.47. The molecule has 0 radical (unpaired) electrons. The average Bonchev–Trinajstić information content (AvgIpc) is 2.86.